The lowest BCUT2D eigenvalue weighted by Crippen LogP contribution is -2.23. The summed E-state index contributed by atoms with van der Waals surface area (Å²) in [6.07, 6.45) is 6.66. The number of nitrogens with two attached hydrogens (primary N) is 2. The van der Waals surface area contributed by atoms with Crippen molar-refractivity contribution < 1.29 is 0 Å². The van der Waals surface area contributed by atoms with E-state index >= 15 is 0 Å². The summed E-state index contributed by atoms with van der Waals surface area (Å²) in [5.41, 5.74) is 16.5. The standard InChI is InChI=1S/C17H25N3/c1-12(2)10-15-8-7-14-6-5-13(11-16(14)15)4-3-9-20-17(18)19/h5-6,8,11-12H,3-4,7,9-10H2,1-2H3,(H4,18,19,20). The Bertz CT molecular complexity index is 523. The molecule has 0 fully saturated rings. The van der Waals surface area contributed by atoms with Crippen LogP contribution in [-0.4, -0.2) is 12.5 Å². The number of rotatable bonds is 6. The van der Waals surface area contributed by atoms with Crippen molar-refractivity contribution >= 4 is 11.5 Å². The second-order valence-corrected chi connectivity index (χ2v) is 5.93. The first-order valence-electron chi connectivity index (χ1n) is 7.43. The van der Waals surface area contributed by atoms with Gasteiger partial charge in [0, 0.05) is 6.54 Å². The number of guanidine groups is 1. The van der Waals surface area contributed by atoms with Crippen molar-refractivity contribution in [3.05, 3.63) is 41.0 Å². The maximum Gasteiger partial charge on any atom is 0.185 e. The van der Waals surface area contributed by atoms with Gasteiger partial charge in [-0.2, -0.15) is 0 Å². The van der Waals surface area contributed by atoms with Gasteiger partial charge in [0.15, 0.2) is 5.96 Å². The predicted molar refractivity (Wildman–Crippen MR) is 86.6 cm³/mol. The molecular formula is C17H25N3. The van der Waals surface area contributed by atoms with Crippen LogP contribution < -0.4 is 11.5 Å². The average Bonchev–Trinajstić information content (AvgIpc) is 2.76. The van der Waals surface area contributed by atoms with Crippen LogP contribution in [0, 0.1) is 5.92 Å². The lowest BCUT2D eigenvalue weighted by Gasteiger charge is -2.10. The van der Waals surface area contributed by atoms with Crippen LogP contribution in [0.3, 0.4) is 0 Å². The molecule has 0 saturated heterocycles. The minimum Gasteiger partial charge on any atom is -0.370 e. The topological polar surface area (TPSA) is 64.4 Å². The zero-order valence-electron chi connectivity index (χ0n) is 12.5. The molecule has 0 atom stereocenters. The Morgan fingerprint density at radius 1 is 1.30 bits per heavy atom. The van der Waals surface area contributed by atoms with Crippen LogP contribution in [0.1, 0.15) is 43.4 Å². The molecule has 0 amide bonds. The maximum absolute atomic E-state index is 5.33. The summed E-state index contributed by atoms with van der Waals surface area (Å²) in [7, 11) is 0. The molecule has 0 saturated carbocycles. The zero-order valence-corrected chi connectivity index (χ0v) is 12.5. The van der Waals surface area contributed by atoms with Gasteiger partial charge in [0.2, 0.25) is 0 Å². The van der Waals surface area contributed by atoms with Crippen molar-refractivity contribution in [2.75, 3.05) is 6.54 Å². The molecular weight excluding hydrogens is 246 g/mol. The van der Waals surface area contributed by atoms with E-state index in [0.717, 1.165) is 19.3 Å². The molecule has 2 rings (SSSR count). The number of allylic oxidation sites excluding steroid dienone is 2. The molecule has 0 bridgehead atoms. The summed E-state index contributed by atoms with van der Waals surface area (Å²) >= 11 is 0. The minimum atomic E-state index is 0.182. The Hall–Kier alpha value is -1.77. The molecule has 0 aromatic heterocycles. The summed E-state index contributed by atoms with van der Waals surface area (Å²) < 4.78 is 0. The molecule has 0 unspecified atom stereocenters. The van der Waals surface area contributed by atoms with Gasteiger partial charge in [-0.3, -0.25) is 4.99 Å². The highest BCUT2D eigenvalue weighted by molar-refractivity contribution is 5.75. The van der Waals surface area contributed by atoms with Crippen molar-refractivity contribution in [1.29, 1.82) is 0 Å². The van der Waals surface area contributed by atoms with E-state index < -0.39 is 0 Å². The molecule has 4 N–H and O–H groups in total. The second-order valence-electron chi connectivity index (χ2n) is 5.93. The zero-order chi connectivity index (χ0) is 14.5. The molecule has 0 spiro atoms. The van der Waals surface area contributed by atoms with E-state index in [1.165, 1.54) is 28.7 Å². The Balaban J connectivity index is 2.00. The van der Waals surface area contributed by atoms with Gasteiger partial charge in [0.05, 0.1) is 0 Å². The number of fused-ring (bicyclic) bond motifs is 1. The van der Waals surface area contributed by atoms with Crippen LogP contribution in [0.5, 0.6) is 0 Å². The lowest BCUT2D eigenvalue weighted by atomic mass is 9.95. The van der Waals surface area contributed by atoms with Gasteiger partial charge in [0.1, 0.15) is 0 Å². The number of hydrogen-bond acceptors (Lipinski definition) is 1. The summed E-state index contributed by atoms with van der Waals surface area (Å²) in [5.74, 6) is 0.888. The van der Waals surface area contributed by atoms with E-state index in [1.54, 1.807) is 0 Å². The van der Waals surface area contributed by atoms with Gasteiger partial charge in [0.25, 0.3) is 0 Å². The summed E-state index contributed by atoms with van der Waals surface area (Å²) in [5, 5.41) is 0. The van der Waals surface area contributed by atoms with Gasteiger partial charge in [-0.1, -0.05) is 38.1 Å². The summed E-state index contributed by atoms with van der Waals surface area (Å²) in [6, 6.07) is 6.86. The molecule has 1 aromatic carbocycles. The fraction of sp³-hybridized carbons (Fsp3) is 0.471. The molecule has 0 aliphatic heterocycles. The number of aliphatic imine (C=N–C) groups is 1. The lowest BCUT2D eigenvalue weighted by molar-refractivity contribution is 0.674. The first kappa shape index (κ1) is 14.6. The highest BCUT2D eigenvalue weighted by Crippen LogP contribution is 2.32. The first-order chi connectivity index (χ1) is 9.56. The SMILES string of the molecule is CC(C)CC1=CCc2ccc(CCCN=C(N)N)cc21. The molecule has 3 heteroatoms. The van der Waals surface area contributed by atoms with Crippen LogP contribution in [0.4, 0.5) is 0 Å². The van der Waals surface area contributed by atoms with Gasteiger partial charge in [-0.25, -0.2) is 0 Å². The van der Waals surface area contributed by atoms with Gasteiger partial charge < -0.3 is 11.5 Å². The van der Waals surface area contributed by atoms with E-state index in [2.05, 4.69) is 43.1 Å². The second kappa shape index (κ2) is 6.60. The van der Waals surface area contributed by atoms with Crippen LogP contribution in [0.25, 0.3) is 5.57 Å². The largest absolute Gasteiger partial charge is 0.370 e. The van der Waals surface area contributed by atoms with E-state index in [4.69, 9.17) is 11.5 Å². The molecule has 20 heavy (non-hydrogen) atoms. The van der Waals surface area contributed by atoms with Crippen LogP contribution in [0.15, 0.2) is 29.3 Å². The van der Waals surface area contributed by atoms with Crippen LogP contribution in [-0.2, 0) is 12.8 Å². The summed E-state index contributed by atoms with van der Waals surface area (Å²) in [4.78, 5) is 4.03. The molecule has 1 aliphatic rings. The predicted octanol–water partition coefficient (Wildman–Crippen LogP) is 2.88. The van der Waals surface area contributed by atoms with Crippen molar-refractivity contribution in [1.82, 2.24) is 0 Å². The third kappa shape index (κ3) is 3.86. The quantitative estimate of drug-likeness (QED) is 0.475. The third-order valence-electron chi connectivity index (χ3n) is 3.63. The van der Waals surface area contributed by atoms with Crippen molar-refractivity contribution in [3.8, 4) is 0 Å². The Kier molecular flexibility index (Phi) is 4.83. The third-order valence-corrected chi connectivity index (χ3v) is 3.63. The van der Waals surface area contributed by atoms with E-state index in [1.807, 2.05) is 0 Å². The minimum absolute atomic E-state index is 0.182. The summed E-state index contributed by atoms with van der Waals surface area (Å²) in [6.45, 7) is 5.25. The van der Waals surface area contributed by atoms with Crippen LogP contribution >= 0.6 is 0 Å². The maximum atomic E-state index is 5.33. The Morgan fingerprint density at radius 2 is 2.10 bits per heavy atom. The van der Waals surface area contributed by atoms with E-state index in [9.17, 15) is 0 Å². The van der Waals surface area contributed by atoms with E-state index in [0.29, 0.717) is 12.5 Å². The van der Waals surface area contributed by atoms with Gasteiger partial charge in [-0.05, 0) is 53.9 Å². The van der Waals surface area contributed by atoms with Crippen LogP contribution in [0.2, 0.25) is 0 Å². The number of aryl methyl sites for hydroxylation is 1. The molecule has 1 aromatic rings. The Morgan fingerprint density at radius 3 is 2.80 bits per heavy atom. The van der Waals surface area contributed by atoms with Crippen molar-refractivity contribution in [2.45, 2.75) is 39.5 Å². The molecule has 0 radical (unpaired) electrons. The smallest absolute Gasteiger partial charge is 0.185 e. The molecule has 3 nitrogen and oxygen atoms in total. The monoisotopic (exact) mass is 271 g/mol. The van der Waals surface area contributed by atoms with Crippen molar-refractivity contribution in [2.24, 2.45) is 22.4 Å². The number of nitrogens with zero attached hydrogens (tertiary/aromatic N) is 1. The van der Waals surface area contributed by atoms with Crippen molar-refractivity contribution in [3.63, 3.8) is 0 Å². The Labute approximate surface area is 121 Å². The highest BCUT2D eigenvalue weighted by Gasteiger charge is 2.15. The molecule has 1 aliphatic carbocycles. The van der Waals surface area contributed by atoms with E-state index in [-0.39, 0.29) is 5.96 Å². The average molecular weight is 271 g/mol. The fourth-order valence-electron chi connectivity index (χ4n) is 2.72. The first-order valence-corrected chi connectivity index (χ1v) is 7.43. The van der Waals surface area contributed by atoms with Gasteiger partial charge in [-0.15, -0.1) is 0 Å². The fourth-order valence-corrected chi connectivity index (χ4v) is 2.72. The molecule has 108 valence electrons. The number of hydrogen-bond donors (Lipinski definition) is 2. The molecule has 0 heterocycles. The highest BCUT2D eigenvalue weighted by atomic mass is 15.0. The normalized spacial score (nSPS) is 13.2. The van der Waals surface area contributed by atoms with Gasteiger partial charge >= 0.3 is 0 Å². The number of benzene rings is 1.